The number of hydrogen-bond donors (Lipinski definition) is 0. The standard InChI is InChI=1S/C21H22O3/c1-6-15-14-18(23-7-2)12-13-19(15)16-8-10-17(11-9-16)20(22)24-21(3,4)5/h1,8-14H,7H2,2-5H3. The molecule has 2 aromatic rings. The molecule has 0 aliphatic heterocycles. The fraction of sp³-hybridized carbons (Fsp3) is 0.286. The highest BCUT2D eigenvalue weighted by atomic mass is 16.6. The predicted octanol–water partition coefficient (Wildman–Crippen LogP) is 4.69. The minimum absolute atomic E-state index is 0.335. The first-order valence-corrected chi connectivity index (χ1v) is 7.91. The molecule has 0 radical (unpaired) electrons. The van der Waals surface area contributed by atoms with Crippen LogP contribution in [0.25, 0.3) is 11.1 Å². The summed E-state index contributed by atoms with van der Waals surface area (Å²) < 4.78 is 10.8. The van der Waals surface area contributed by atoms with Crippen molar-refractivity contribution in [2.75, 3.05) is 6.61 Å². The quantitative estimate of drug-likeness (QED) is 0.605. The van der Waals surface area contributed by atoms with Crippen LogP contribution in [0.3, 0.4) is 0 Å². The second-order valence-corrected chi connectivity index (χ2v) is 6.36. The van der Waals surface area contributed by atoms with Crippen molar-refractivity contribution in [1.29, 1.82) is 0 Å². The summed E-state index contributed by atoms with van der Waals surface area (Å²) in [6.07, 6.45) is 5.62. The Morgan fingerprint density at radius 2 is 1.79 bits per heavy atom. The highest BCUT2D eigenvalue weighted by Gasteiger charge is 2.17. The SMILES string of the molecule is C#Cc1cc(OCC)ccc1-c1ccc(C(=O)OC(C)(C)C)cc1. The summed E-state index contributed by atoms with van der Waals surface area (Å²) in [5.74, 6) is 3.10. The summed E-state index contributed by atoms with van der Waals surface area (Å²) in [6.45, 7) is 8.06. The van der Waals surface area contributed by atoms with Crippen LogP contribution in [0.5, 0.6) is 5.75 Å². The number of benzene rings is 2. The third-order valence-corrected chi connectivity index (χ3v) is 3.29. The maximum Gasteiger partial charge on any atom is 0.338 e. The molecule has 0 saturated carbocycles. The monoisotopic (exact) mass is 322 g/mol. The number of esters is 1. The third kappa shape index (κ3) is 4.39. The molecular formula is C21H22O3. The summed E-state index contributed by atoms with van der Waals surface area (Å²) >= 11 is 0. The van der Waals surface area contributed by atoms with E-state index in [4.69, 9.17) is 15.9 Å². The Hall–Kier alpha value is -2.73. The first kappa shape index (κ1) is 17.6. The molecule has 0 spiro atoms. The van der Waals surface area contributed by atoms with Gasteiger partial charge in [-0.05, 0) is 69.2 Å². The molecule has 24 heavy (non-hydrogen) atoms. The van der Waals surface area contributed by atoms with Gasteiger partial charge in [-0.3, -0.25) is 0 Å². The van der Waals surface area contributed by atoms with Crippen LogP contribution in [0.1, 0.15) is 43.6 Å². The van der Waals surface area contributed by atoms with Crippen LogP contribution in [0.2, 0.25) is 0 Å². The van der Waals surface area contributed by atoms with Crippen molar-refractivity contribution in [3.8, 4) is 29.2 Å². The van der Waals surface area contributed by atoms with Crippen molar-refractivity contribution in [3.05, 3.63) is 53.6 Å². The van der Waals surface area contributed by atoms with Gasteiger partial charge in [-0.2, -0.15) is 0 Å². The molecule has 3 nitrogen and oxygen atoms in total. The topological polar surface area (TPSA) is 35.5 Å². The molecule has 0 aliphatic carbocycles. The Morgan fingerprint density at radius 1 is 1.12 bits per heavy atom. The zero-order valence-electron chi connectivity index (χ0n) is 14.6. The average Bonchev–Trinajstić information content (AvgIpc) is 2.53. The van der Waals surface area contributed by atoms with E-state index < -0.39 is 5.60 Å². The maximum atomic E-state index is 12.1. The van der Waals surface area contributed by atoms with Gasteiger partial charge in [0.15, 0.2) is 0 Å². The van der Waals surface area contributed by atoms with Crippen LogP contribution in [-0.2, 0) is 4.74 Å². The molecule has 0 fully saturated rings. The molecule has 0 saturated heterocycles. The second-order valence-electron chi connectivity index (χ2n) is 6.36. The van der Waals surface area contributed by atoms with Gasteiger partial charge in [-0.15, -0.1) is 6.42 Å². The molecule has 0 aliphatic rings. The highest BCUT2D eigenvalue weighted by molar-refractivity contribution is 5.90. The largest absolute Gasteiger partial charge is 0.494 e. The van der Waals surface area contributed by atoms with Gasteiger partial charge >= 0.3 is 5.97 Å². The first-order chi connectivity index (χ1) is 11.3. The molecule has 0 atom stereocenters. The Kier molecular flexibility index (Phi) is 5.31. The van der Waals surface area contributed by atoms with Gasteiger partial charge in [0.2, 0.25) is 0 Å². The zero-order valence-corrected chi connectivity index (χ0v) is 14.6. The Bertz CT molecular complexity index is 759. The van der Waals surface area contributed by atoms with Crippen LogP contribution in [0, 0.1) is 12.3 Å². The molecular weight excluding hydrogens is 300 g/mol. The van der Waals surface area contributed by atoms with Crippen molar-refractivity contribution >= 4 is 5.97 Å². The van der Waals surface area contributed by atoms with Crippen molar-refractivity contribution in [1.82, 2.24) is 0 Å². The first-order valence-electron chi connectivity index (χ1n) is 7.91. The lowest BCUT2D eigenvalue weighted by Crippen LogP contribution is -2.23. The summed E-state index contributed by atoms with van der Waals surface area (Å²) in [4.78, 5) is 12.1. The molecule has 0 aromatic heterocycles. The van der Waals surface area contributed by atoms with Gasteiger partial charge in [-0.25, -0.2) is 4.79 Å². The van der Waals surface area contributed by atoms with Crippen molar-refractivity contribution in [2.45, 2.75) is 33.3 Å². The van der Waals surface area contributed by atoms with Crippen LogP contribution in [0.15, 0.2) is 42.5 Å². The van der Waals surface area contributed by atoms with E-state index in [1.165, 1.54) is 0 Å². The Balaban J connectivity index is 2.28. The van der Waals surface area contributed by atoms with Crippen LogP contribution >= 0.6 is 0 Å². The molecule has 0 heterocycles. The Morgan fingerprint density at radius 3 is 2.33 bits per heavy atom. The van der Waals surface area contributed by atoms with Crippen LogP contribution < -0.4 is 4.74 Å². The normalized spacial score (nSPS) is 10.8. The molecule has 2 rings (SSSR count). The van der Waals surface area contributed by atoms with Crippen molar-refractivity contribution in [2.24, 2.45) is 0 Å². The maximum absolute atomic E-state index is 12.1. The van der Waals surface area contributed by atoms with E-state index in [1.54, 1.807) is 12.1 Å². The second kappa shape index (κ2) is 7.23. The highest BCUT2D eigenvalue weighted by Crippen LogP contribution is 2.27. The van der Waals surface area contributed by atoms with Gasteiger partial charge in [0.25, 0.3) is 0 Å². The number of ether oxygens (including phenoxy) is 2. The van der Waals surface area contributed by atoms with Gasteiger partial charge in [-0.1, -0.05) is 18.1 Å². The fourth-order valence-corrected chi connectivity index (χ4v) is 2.27. The van der Waals surface area contributed by atoms with E-state index in [0.29, 0.717) is 12.2 Å². The van der Waals surface area contributed by atoms with Gasteiger partial charge in [0.1, 0.15) is 11.4 Å². The van der Waals surface area contributed by atoms with E-state index in [1.807, 2.05) is 58.0 Å². The van der Waals surface area contributed by atoms with E-state index in [0.717, 1.165) is 22.4 Å². The number of rotatable bonds is 4. The van der Waals surface area contributed by atoms with Crippen molar-refractivity contribution < 1.29 is 14.3 Å². The molecule has 2 aromatic carbocycles. The van der Waals surface area contributed by atoms with Crippen molar-refractivity contribution in [3.63, 3.8) is 0 Å². The third-order valence-electron chi connectivity index (χ3n) is 3.29. The minimum Gasteiger partial charge on any atom is -0.494 e. The smallest absolute Gasteiger partial charge is 0.338 e. The van der Waals surface area contributed by atoms with E-state index >= 15 is 0 Å². The van der Waals surface area contributed by atoms with Gasteiger partial charge in [0, 0.05) is 5.56 Å². The number of hydrogen-bond acceptors (Lipinski definition) is 3. The molecule has 3 heteroatoms. The fourth-order valence-electron chi connectivity index (χ4n) is 2.27. The van der Waals surface area contributed by atoms with E-state index in [9.17, 15) is 4.79 Å². The lowest BCUT2D eigenvalue weighted by atomic mass is 9.98. The number of carbonyl (C=O) groups is 1. The lowest BCUT2D eigenvalue weighted by molar-refractivity contribution is 0.00696. The summed E-state index contributed by atoms with van der Waals surface area (Å²) in [6, 6.07) is 12.9. The minimum atomic E-state index is -0.512. The molecule has 0 amide bonds. The number of terminal acetylenes is 1. The molecule has 124 valence electrons. The summed E-state index contributed by atoms with van der Waals surface area (Å²) in [7, 11) is 0. The summed E-state index contributed by atoms with van der Waals surface area (Å²) in [5.41, 5.74) is 2.63. The van der Waals surface area contributed by atoms with Crippen LogP contribution in [0.4, 0.5) is 0 Å². The predicted molar refractivity (Wildman–Crippen MR) is 96.2 cm³/mol. The van der Waals surface area contributed by atoms with Gasteiger partial charge in [0.05, 0.1) is 12.2 Å². The molecule has 0 N–H and O–H groups in total. The lowest BCUT2D eigenvalue weighted by Gasteiger charge is -2.19. The van der Waals surface area contributed by atoms with E-state index in [2.05, 4.69) is 5.92 Å². The average molecular weight is 322 g/mol. The summed E-state index contributed by atoms with van der Waals surface area (Å²) in [5, 5.41) is 0. The molecule has 0 unspecified atom stereocenters. The van der Waals surface area contributed by atoms with Gasteiger partial charge < -0.3 is 9.47 Å². The zero-order chi connectivity index (χ0) is 17.7. The Labute approximate surface area is 143 Å². The molecule has 0 bridgehead atoms. The number of carbonyl (C=O) groups excluding carboxylic acids is 1. The van der Waals surface area contributed by atoms with Crippen LogP contribution in [-0.4, -0.2) is 18.2 Å². The van der Waals surface area contributed by atoms with E-state index in [-0.39, 0.29) is 5.97 Å².